The monoisotopic (exact) mass is 324 g/mol. The van der Waals surface area contributed by atoms with E-state index in [9.17, 15) is 4.79 Å². The van der Waals surface area contributed by atoms with Gasteiger partial charge in [-0.25, -0.2) is 0 Å². The highest BCUT2D eigenvalue weighted by molar-refractivity contribution is 9.10. The Bertz CT molecular complexity index is 448. The fourth-order valence-electron chi connectivity index (χ4n) is 2.72. The third kappa shape index (κ3) is 3.57. The summed E-state index contributed by atoms with van der Waals surface area (Å²) in [5.74, 6) is 0.189. The van der Waals surface area contributed by atoms with Crippen molar-refractivity contribution >= 4 is 21.8 Å². The molecule has 0 aliphatic carbocycles. The molecule has 104 valence electrons. The minimum absolute atomic E-state index is 0.0449. The number of nitrogens with zero attached hydrogens (tertiary/aromatic N) is 1. The summed E-state index contributed by atoms with van der Waals surface area (Å²) >= 11 is 3.50. The zero-order chi connectivity index (χ0) is 13.8. The second-order valence-electron chi connectivity index (χ2n) is 5.28. The first kappa shape index (κ1) is 14.5. The predicted octanol–water partition coefficient (Wildman–Crippen LogP) is 2.72. The van der Waals surface area contributed by atoms with E-state index in [4.69, 9.17) is 5.73 Å². The second-order valence-corrected chi connectivity index (χ2v) is 6.13. The molecule has 1 fully saturated rings. The molecule has 1 aliphatic heterocycles. The van der Waals surface area contributed by atoms with Crippen molar-refractivity contribution in [3.63, 3.8) is 0 Å². The van der Waals surface area contributed by atoms with Gasteiger partial charge < -0.3 is 10.6 Å². The number of halogens is 1. The van der Waals surface area contributed by atoms with Crippen LogP contribution in [0.1, 0.15) is 31.7 Å². The van der Waals surface area contributed by atoms with Crippen LogP contribution in [0.15, 0.2) is 28.7 Å². The van der Waals surface area contributed by atoms with E-state index in [1.165, 1.54) is 6.42 Å². The van der Waals surface area contributed by atoms with Crippen LogP contribution >= 0.6 is 15.9 Å². The average molecular weight is 325 g/mol. The summed E-state index contributed by atoms with van der Waals surface area (Å²) in [7, 11) is 0. The first-order chi connectivity index (χ1) is 9.09. The van der Waals surface area contributed by atoms with Gasteiger partial charge in [0.25, 0.3) is 0 Å². The molecular formula is C15H21BrN2O. The summed E-state index contributed by atoms with van der Waals surface area (Å²) in [4.78, 5) is 14.5. The summed E-state index contributed by atoms with van der Waals surface area (Å²) in [6.07, 6.45) is 3.74. The maximum absolute atomic E-state index is 12.5. The summed E-state index contributed by atoms with van der Waals surface area (Å²) in [6, 6.07) is 8.14. The third-order valence-corrected chi connectivity index (χ3v) is 4.55. The number of amides is 1. The largest absolute Gasteiger partial charge is 0.338 e. The van der Waals surface area contributed by atoms with Crippen molar-refractivity contribution in [2.24, 2.45) is 5.73 Å². The Morgan fingerprint density at radius 3 is 2.89 bits per heavy atom. The van der Waals surface area contributed by atoms with Crippen LogP contribution in [0.25, 0.3) is 0 Å². The Hall–Kier alpha value is -0.870. The number of likely N-dealkylation sites (tertiary alicyclic amines) is 1. The molecule has 0 bridgehead atoms. The molecular weight excluding hydrogens is 304 g/mol. The van der Waals surface area contributed by atoms with Crippen LogP contribution in [0.2, 0.25) is 0 Å². The minimum atomic E-state index is 0.0449. The number of hydrogen-bond donors (Lipinski definition) is 1. The van der Waals surface area contributed by atoms with Crippen molar-refractivity contribution in [3.05, 3.63) is 34.3 Å². The van der Waals surface area contributed by atoms with Crippen molar-refractivity contribution < 1.29 is 4.79 Å². The van der Waals surface area contributed by atoms with Crippen LogP contribution < -0.4 is 5.73 Å². The van der Waals surface area contributed by atoms with Crippen molar-refractivity contribution in [1.29, 1.82) is 0 Å². The van der Waals surface area contributed by atoms with E-state index in [2.05, 4.69) is 15.9 Å². The zero-order valence-corrected chi connectivity index (χ0v) is 12.9. The van der Waals surface area contributed by atoms with Crippen LogP contribution in [0.3, 0.4) is 0 Å². The molecule has 0 aromatic heterocycles. The molecule has 1 amide bonds. The van der Waals surface area contributed by atoms with Gasteiger partial charge in [0.15, 0.2) is 0 Å². The van der Waals surface area contributed by atoms with Crippen LogP contribution in [0, 0.1) is 0 Å². The number of carbonyl (C=O) groups is 1. The van der Waals surface area contributed by atoms with Gasteiger partial charge in [0.1, 0.15) is 0 Å². The van der Waals surface area contributed by atoms with E-state index in [0.29, 0.717) is 6.42 Å². The molecule has 0 saturated carbocycles. The first-order valence-corrected chi connectivity index (χ1v) is 7.67. The lowest BCUT2D eigenvalue weighted by Crippen LogP contribution is -2.52. The third-order valence-electron chi connectivity index (χ3n) is 3.78. The molecule has 3 nitrogen and oxygen atoms in total. The van der Waals surface area contributed by atoms with Crippen LogP contribution in [0.5, 0.6) is 0 Å². The van der Waals surface area contributed by atoms with Gasteiger partial charge in [-0.05, 0) is 37.8 Å². The van der Waals surface area contributed by atoms with Crippen LogP contribution in [-0.4, -0.2) is 29.4 Å². The van der Waals surface area contributed by atoms with Gasteiger partial charge in [0, 0.05) is 23.1 Å². The number of carbonyl (C=O) groups excluding carboxylic acids is 1. The molecule has 1 aliphatic rings. The van der Waals surface area contributed by atoms with Gasteiger partial charge in [-0.3, -0.25) is 4.79 Å². The van der Waals surface area contributed by atoms with Gasteiger partial charge in [-0.1, -0.05) is 34.1 Å². The molecule has 0 spiro atoms. The lowest BCUT2D eigenvalue weighted by molar-refractivity contribution is -0.134. The molecule has 2 rings (SSSR count). The standard InChI is InChI=1S/C15H21BrN2O/c1-11(17)14-8-4-5-9-18(14)15(19)10-12-6-2-3-7-13(12)16/h2-3,6-7,11,14H,4-5,8-10,17H2,1H3. The molecule has 0 radical (unpaired) electrons. The van der Waals surface area contributed by atoms with Gasteiger partial charge in [0.2, 0.25) is 5.91 Å². The molecule has 2 N–H and O–H groups in total. The summed E-state index contributed by atoms with van der Waals surface area (Å²) in [5, 5.41) is 0. The van der Waals surface area contributed by atoms with Crippen molar-refractivity contribution in [1.82, 2.24) is 4.90 Å². The second kappa shape index (κ2) is 6.53. The molecule has 2 atom stereocenters. The predicted molar refractivity (Wildman–Crippen MR) is 80.8 cm³/mol. The number of nitrogens with two attached hydrogens (primary N) is 1. The summed E-state index contributed by atoms with van der Waals surface area (Å²) in [6.45, 7) is 2.84. The molecule has 4 heteroatoms. The van der Waals surface area contributed by atoms with E-state index in [0.717, 1.165) is 29.4 Å². The SMILES string of the molecule is CC(N)C1CCCCN1C(=O)Cc1ccccc1Br. The lowest BCUT2D eigenvalue weighted by atomic mass is 9.96. The Kier molecular flexibility index (Phi) is 4.99. The topological polar surface area (TPSA) is 46.3 Å². The minimum Gasteiger partial charge on any atom is -0.338 e. The van der Waals surface area contributed by atoms with Crippen LogP contribution in [0.4, 0.5) is 0 Å². The fourth-order valence-corrected chi connectivity index (χ4v) is 3.14. The maximum atomic E-state index is 12.5. The zero-order valence-electron chi connectivity index (χ0n) is 11.3. The number of rotatable bonds is 3. The van der Waals surface area contributed by atoms with E-state index in [1.807, 2.05) is 36.1 Å². The van der Waals surface area contributed by atoms with Crippen molar-refractivity contribution in [2.45, 2.75) is 44.7 Å². The Morgan fingerprint density at radius 1 is 1.47 bits per heavy atom. The lowest BCUT2D eigenvalue weighted by Gasteiger charge is -2.38. The molecule has 1 heterocycles. The van der Waals surface area contributed by atoms with E-state index in [-0.39, 0.29) is 18.0 Å². The van der Waals surface area contributed by atoms with E-state index >= 15 is 0 Å². The smallest absolute Gasteiger partial charge is 0.227 e. The van der Waals surface area contributed by atoms with Crippen molar-refractivity contribution in [3.8, 4) is 0 Å². The van der Waals surface area contributed by atoms with Crippen molar-refractivity contribution in [2.75, 3.05) is 6.54 Å². The quantitative estimate of drug-likeness (QED) is 0.929. The fraction of sp³-hybridized carbons (Fsp3) is 0.533. The highest BCUT2D eigenvalue weighted by atomic mass is 79.9. The molecule has 1 aromatic carbocycles. The Balaban J connectivity index is 2.08. The molecule has 1 aromatic rings. The molecule has 1 saturated heterocycles. The van der Waals surface area contributed by atoms with E-state index < -0.39 is 0 Å². The summed E-state index contributed by atoms with van der Waals surface area (Å²) in [5.41, 5.74) is 7.06. The maximum Gasteiger partial charge on any atom is 0.227 e. The highest BCUT2D eigenvalue weighted by Gasteiger charge is 2.29. The first-order valence-electron chi connectivity index (χ1n) is 6.88. The molecule has 2 unspecified atom stereocenters. The number of piperidine rings is 1. The normalized spacial score (nSPS) is 21.2. The number of hydrogen-bond acceptors (Lipinski definition) is 2. The van der Waals surface area contributed by atoms with E-state index in [1.54, 1.807) is 0 Å². The Morgan fingerprint density at radius 2 is 2.21 bits per heavy atom. The summed E-state index contributed by atoms with van der Waals surface area (Å²) < 4.78 is 0.998. The Labute approximate surface area is 123 Å². The number of benzene rings is 1. The van der Waals surface area contributed by atoms with Gasteiger partial charge in [-0.15, -0.1) is 0 Å². The van der Waals surface area contributed by atoms with Crippen LogP contribution in [-0.2, 0) is 11.2 Å². The van der Waals surface area contributed by atoms with Gasteiger partial charge in [0.05, 0.1) is 6.42 Å². The van der Waals surface area contributed by atoms with Gasteiger partial charge in [-0.2, -0.15) is 0 Å². The average Bonchev–Trinajstić information content (AvgIpc) is 2.41. The molecule has 19 heavy (non-hydrogen) atoms. The highest BCUT2D eigenvalue weighted by Crippen LogP contribution is 2.22. The van der Waals surface area contributed by atoms with Gasteiger partial charge >= 0.3 is 0 Å².